The summed E-state index contributed by atoms with van der Waals surface area (Å²) in [4.78, 5) is 21.5. The van der Waals surface area contributed by atoms with Crippen LogP contribution in [-0.4, -0.2) is 55.0 Å². The van der Waals surface area contributed by atoms with Gasteiger partial charge in [-0.3, -0.25) is 9.69 Å². The first-order valence-electron chi connectivity index (χ1n) is 10.1. The molecule has 2 fully saturated rings. The fourth-order valence-electron chi connectivity index (χ4n) is 4.62. The van der Waals surface area contributed by atoms with Crippen LogP contribution in [0.15, 0.2) is 29.1 Å². The molecule has 7 heteroatoms. The molecular weight excluding hydrogens is 386 g/mol. The quantitative estimate of drug-likeness (QED) is 0.694. The summed E-state index contributed by atoms with van der Waals surface area (Å²) >= 11 is 1.57. The molecule has 1 saturated carbocycles. The Morgan fingerprint density at radius 2 is 1.97 bits per heavy atom. The van der Waals surface area contributed by atoms with Crippen molar-refractivity contribution in [3.63, 3.8) is 0 Å². The Bertz CT molecular complexity index is 825. The number of methoxy groups -OCH3 is 2. The highest BCUT2D eigenvalue weighted by Gasteiger charge is 2.59. The number of carbonyl (C=O) groups is 1. The van der Waals surface area contributed by atoms with Crippen molar-refractivity contribution in [3.8, 4) is 11.5 Å². The van der Waals surface area contributed by atoms with Crippen LogP contribution >= 0.6 is 11.3 Å². The van der Waals surface area contributed by atoms with Crippen LogP contribution in [-0.2, 0) is 17.9 Å². The molecule has 1 spiro atoms. The Morgan fingerprint density at radius 1 is 1.28 bits per heavy atom. The van der Waals surface area contributed by atoms with Crippen molar-refractivity contribution in [3.05, 3.63) is 40.3 Å². The Balaban J connectivity index is 1.33. The molecule has 2 heterocycles. The lowest BCUT2D eigenvalue weighted by molar-refractivity contribution is -0.133. The molecule has 1 aliphatic heterocycles. The minimum Gasteiger partial charge on any atom is -0.496 e. The summed E-state index contributed by atoms with van der Waals surface area (Å²) in [6.45, 7) is 3.42. The van der Waals surface area contributed by atoms with Crippen molar-refractivity contribution < 1.29 is 14.3 Å². The van der Waals surface area contributed by atoms with Gasteiger partial charge in [0.25, 0.3) is 0 Å². The number of hydrogen-bond donors (Lipinski definition) is 0. The average molecular weight is 416 g/mol. The average Bonchev–Trinajstić information content (AvgIpc) is 3.18. The van der Waals surface area contributed by atoms with Gasteiger partial charge in [-0.1, -0.05) is 6.07 Å². The van der Waals surface area contributed by atoms with Gasteiger partial charge in [-0.2, -0.15) is 0 Å². The molecule has 1 aliphatic carbocycles. The van der Waals surface area contributed by atoms with E-state index in [1.54, 1.807) is 25.6 Å². The van der Waals surface area contributed by atoms with E-state index in [4.69, 9.17) is 9.47 Å². The number of ether oxygens (including phenoxy) is 2. The van der Waals surface area contributed by atoms with E-state index in [9.17, 15) is 4.79 Å². The van der Waals surface area contributed by atoms with Crippen LogP contribution in [0.4, 0.5) is 0 Å². The highest BCUT2D eigenvalue weighted by atomic mass is 32.1. The molecule has 1 amide bonds. The minimum absolute atomic E-state index is 0.175. The van der Waals surface area contributed by atoms with Gasteiger partial charge < -0.3 is 14.4 Å². The third-order valence-electron chi connectivity index (χ3n) is 6.51. The number of benzene rings is 1. The number of nitrogens with zero attached hydrogens (tertiary/aromatic N) is 3. The maximum atomic E-state index is 12.9. The zero-order valence-corrected chi connectivity index (χ0v) is 18.2. The van der Waals surface area contributed by atoms with E-state index in [1.807, 2.05) is 41.0 Å². The molecule has 1 atom stereocenters. The summed E-state index contributed by atoms with van der Waals surface area (Å²) in [5.74, 6) is 2.19. The molecule has 29 heavy (non-hydrogen) atoms. The number of aromatic nitrogens is 1. The number of hydrogen-bond acceptors (Lipinski definition) is 6. The summed E-state index contributed by atoms with van der Waals surface area (Å²) < 4.78 is 11.1. The van der Waals surface area contributed by atoms with Crippen LogP contribution in [0.1, 0.15) is 30.5 Å². The number of likely N-dealkylation sites (tertiary alicyclic amines) is 1. The topological polar surface area (TPSA) is 54.9 Å². The van der Waals surface area contributed by atoms with Crippen molar-refractivity contribution in [2.24, 2.45) is 11.3 Å². The van der Waals surface area contributed by atoms with E-state index >= 15 is 0 Å². The third-order valence-corrected chi connectivity index (χ3v) is 7.15. The monoisotopic (exact) mass is 415 g/mol. The lowest BCUT2D eigenvalue weighted by Gasteiger charge is -2.33. The van der Waals surface area contributed by atoms with Crippen LogP contribution in [0.5, 0.6) is 11.5 Å². The predicted octanol–water partition coefficient (Wildman–Crippen LogP) is 3.42. The van der Waals surface area contributed by atoms with Crippen molar-refractivity contribution in [2.45, 2.75) is 32.4 Å². The summed E-state index contributed by atoms with van der Waals surface area (Å²) in [6.07, 6.45) is 3.18. The smallest absolute Gasteiger partial charge is 0.226 e. The molecule has 1 saturated heterocycles. The highest BCUT2D eigenvalue weighted by molar-refractivity contribution is 7.07. The summed E-state index contributed by atoms with van der Waals surface area (Å²) in [5.41, 5.74) is 4.09. The van der Waals surface area contributed by atoms with Crippen LogP contribution in [0.2, 0.25) is 0 Å². The molecule has 1 aromatic carbocycles. The van der Waals surface area contributed by atoms with Crippen molar-refractivity contribution >= 4 is 17.2 Å². The first-order valence-corrected chi connectivity index (χ1v) is 11.0. The van der Waals surface area contributed by atoms with Crippen LogP contribution < -0.4 is 9.47 Å². The van der Waals surface area contributed by atoms with E-state index in [0.29, 0.717) is 6.54 Å². The first-order chi connectivity index (χ1) is 14.1. The third kappa shape index (κ3) is 4.12. The Kier molecular flexibility index (Phi) is 5.79. The zero-order valence-electron chi connectivity index (χ0n) is 17.4. The predicted molar refractivity (Wildman–Crippen MR) is 113 cm³/mol. The molecule has 0 radical (unpaired) electrons. The Morgan fingerprint density at radius 3 is 2.55 bits per heavy atom. The van der Waals surface area contributed by atoms with Crippen molar-refractivity contribution in [1.82, 2.24) is 14.8 Å². The first kappa shape index (κ1) is 20.2. The molecule has 1 aromatic heterocycles. The SMILES string of the molecule is COc1cccc(OC)c1CN1CCC2(CC1)CC2C(=O)N(C)Cc1cscn1. The van der Waals surface area contributed by atoms with Gasteiger partial charge in [0.15, 0.2) is 0 Å². The Hall–Kier alpha value is -2.12. The van der Waals surface area contributed by atoms with E-state index in [-0.39, 0.29) is 17.2 Å². The van der Waals surface area contributed by atoms with E-state index in [2.05, 4.69) is 9.88 Å². The van der Waals surface area contributed by atoms with Gasteiger partial charge >= 0.3 is 0 Å². The maximum absolute atomic E-state index is 12.9. The molecule has 1 unspecified atom stereocenters. The van der Waals surface area contributed by atoms with Crippen LogP contribution in [0.25, 0.3) is 0 Å². The number of piperidine rings is 1. The molecule has 2 aromatic rings. The summed E-state index contributed by atoms with van der Waals surface area (Å²) in [7, 11) is 5.30. The molecule has 156 valence electrons. The molecular formula is C22H29N3O3S. The fourth-order valence-corrected chi connectivity index (χ4v) is 5.17. The summed E-state index contributed by atoms with van der Waals surface area (Å²) in [5, 5.41) is 2.01. The van der Waals surface area contributed by atoms with Gasteiger partial charge in [-0.15, -0.1) is 11.3 Å². The molecule has 0 bridgehead atoms. The lowest BCUT2D eigenvalue weighted by Crippen LogP contribution is -2.37. The van der Waals surface area contributed by atoms with Gasteiger partial charge in [0.05, 0.1) is 37.5 Å². The van der Waals surface area contributed by atoms with E-state index < -0.39 is 0 Å². The number of thiazole rings is 1. The molecule has 2 aliphatic rings. The van der Waals surface area contributed by atoms with E-state index in [1.165, 1.54) is 0 Å². The normalized spacial score (nSPS) is 20.4. The second-order valence-corrected chi connectivity index (χ2v) is 8.93. The fraction of sp³-hybridized carbons (Fsp3) is 0.545. The minimum atomic E-state index is 0.175. The van der Waals surface area contributed by atoms with E-state index in [0.717, 1.165) is 61.7 Å². The summed E-state index contributed by atoms with van der Waals surface area (Å²) in [6, 6.07) is 5.92. The second kappa shape index (κ2) is 8.32. The highest BCUT2D eigenvalue weighted by Crippen LogP contribution is 2.60. The van der Waals surface area contributed by atoms with Crippen molar-refractivity contribution in [1.29, 1.82) is 0 Å². The number of rotatable bonds is 7. The van der Waals surface area contributed by atoms with Crippen LogP contribution in [0.3, 0.4) is 0 Å². The zero-order chi connectivity index (χ0) is 20.4. The molecule has 0 N–H and O–H groups in total. The second-order valence-electron chi connectivity index (χ2n) is 8.21. The maximum Gasteiger partial charge on any atom is 0.226 e. The van der Waals surface area contributed by atoms with Gasteiger partial charge in [-0.25, -0.2) is 4.98 Å². The van der Waals surface area contributed by atoms with Gasteiger partial charge in [0, 0.05) is 24.9 Å². The standard InChI is InChI=1S/C22H29N3O3S/c1-24(12-16-14-29-15-23-16)21(26)18-11-22(18)7-9-25(10-8-22)13-17-19(27-2)5-4-6-20(17)28-3/h4-6,14-15,18H,7-13H2,1-3H3. The molecule has 4 rings (SSSR count). The largest absolute Gasteiger partial charge is 0.496 e. The van der Waals surface area contributed by atoms with Crippen LogP contribution in [0, 0.1) is 11.3 Å². The van der Waals surface area contributed by atoms with Crippen molar-refractivity contribution in [2.75, 3.05) is 34.4 Å². The van der Waals surface area contributed by atoms with Gasteiger partial charge in [0.1, 0.15) is 11.5 Å². The Labute approximate surface area is 176 Å². The van der Waals surface area contributed by atoms with Gasteiger partial charge in [-0.05, 0) is 49.9 Å². The lowest BCUT2D eigenvalue weighted by atomic mass is 9.90. The molecule has 6 nitrogen and oxygen atoms in total. The number of amides is 1. The van der Waals surface area contributed by atoms with Gasteiger partial charge in [0.2, 0.25) is 5.91 Å². The number of carbonyl (C=O) groups excluding carboxylic acids is 1.